The van der Waals surface area contributed by atoms with Gasteiger partial charge in [0.25, 0.3) is 0 Å². The molecule has 2 amide bonds. The van der Waals surface area contributed by atoms with Gasteiger partial charge in [-0.2, -0.15) is 15.0 Å². The van der Waals surface area contributed by atoms with E-state index in [0.717, 1.165) is 38.8 Å². The minimum atomic E-state index is 0.110. The molecule has 19 heavy (non-hydrogen) atoms. The number of urea groups is 1. The Labute approximate surface area is 113 Å². The van der Waals surface area contributed by atoms with Crippen molar-refractivity contribution in [2.75, 3.05) is 13.1 Å². The number of nitrogens with one attached hydrogen (secondary N) is 1. The summed E-state index contributed by atoms with van der Waals surface area (Å²) in [6.45, 7) is 1.59. The van der Waals surface area contributed by atoms with Gasteiger partial charge in [0, 0.05) is 19.1 Å². The van der Waals surface area contributed by atoms with Gasteiger partial charge < -0.3 is 10.2 Å². The Kier molecular flexibility index (Phi) is 3.66. The van der Waals surface area contributed by atoms with Gasteiger partial charge in [-0.15, -0.1) is 0 Å². The van der Waals surface area contributed by atoms with Crippen molar-refractivity contribution in [2.24, 2.45) is 0 Å². The van der Waals surface area contributed by atoms with Crippen LogP contribution in [-0.2, 0) is 0 Å². The third-order valence-corrected chi connectivity index (χ3v) is 4.20. The van der Waals surface area contributed by atoms with E-state index in [1.54, 1.807) is 17.2 Å². The molecule has 1 aromatic heterocycles. The van der Waals surface area contributed by atoms with Crippen molar-refractivity contribution < 1.29 is 4.79 Å². The van der Waals surface area contributed by atoms with Gasteiger partial charge in [0.2, 0.25) is 0 Å². The predicted octanol–water partition coefficient (Wildman–Crippen LogP) is 1.57. The second kappa shape index (κ2) is 5.59. The van der Waals surface area contributed by atoms with Gasteiger partial charge in [-0.05, 0) is 25.7 Å². The molecule has 2 aliphatic rings. The summed E-state index contributed by atoms with van der Waals surface area (Å²) in [7, 11) is 0. The van der Waals surface area contributed by atoms with Crippen LogP contribution in [0.1, 0.15) is 44.6 Å². The number of nitrogens with zero attached hydrogens (tertiary/aromatic N) is 4. The molecule has 0 unspecified atom stereocenters. The zero-order valence-electron chi connectivity index (χ0n) is 11.2. The third-order valence-electron chi connectivity index (χ3n) is 4.20. The maximum Gasteiger partial charge on any atom is 0.317 e. The highest BCUT2D eigenvalue weighted by molar-refractivity contribution is 5.74. The largest absolute Gasteiger partial charge is 0.335 e. The van der Waals surface area contributed by atoms with E-state index in [9.17, 15) is 4.79 Å². The lowest BCUT2D eigenvalue weighted by molar-refractivity contribution is 0.161. The van der Waals surface area contributed by atoms with Crippen LogP contribution in [0.5, 0.6) is 0 Å². The smallest absolute Gasteiger partial charge is 0.317 e. The van der Waals surface area contributed by atoms with Crippen LogP contribution in [0.4, 0.5) is 4.79 Å². The van der Waals surface area contributed by atoms with E-state index in [1.165, 1.54) is 12.8 Å². The van der Waals surface area contributed by atoms with Crippen molar-refractivity contribution in [3.63, 3.8) is 0 Å². The van der Waals surface area contributed by atoms with Crippen molar-refractivity contribution in [3.8, 4) is 0 Å². The average Bonchev–Trinajstić information content (AvgIpc) is 3.12. The number of carbonyl (C=O) groups excluding carboxylic acids is 1. The summed E-state index contributed by atoms with van der Waals surface area (Å²) >= 11 is 0. The number of piperidine rings is 1. The molecule has 0 spiro atoms. The lowest BCUT2D eigenvalue weighted by Crippen LogP contribution is -2.47. The van der Waals surface area contributed by atoms with E-state index in [0.29, 0.717) is 12.1 Å². The number of carbonyl (C=O) groups is 1. The van der Waals surface area contributed by atoms with Crippen LogP contribution >= 0.6 is 0 Å². The van der Waals surface area contributed by atoms with Gasteiger partial charge >= 0.3 is 6.03 Å². The van der Waals surface area contributed by atoms with Gasteiger partial charge in [0.15, 0.2) is 0 Å². The van der Waals surface area contributed by atoms with Crippen LogP contribution in [-0.4, -0.2) is 45.1 Å². The van der Waals surface area contributed by atoms with Crippen molar-refractivity contribution in [1.82, 2.24) is 25.2 Å². The molecule has 0 radical (unpaired) electrons. The third kappa shape index (κ3) is 2.88. The van der Waals surface area contributed by atoms with Crippen LogP contribution in [0.25, 0.3) is 0 Å². The molecule has 1 aromatic rings. The van der Waals surface area contributed by atoms with Crippen molar-refractivity contribution >= 4 is 6.03 Å². The van der Waals surface area contributed by atoms with E-state index in [2.05, 4.69) is 15.5 Å². The molecule has 1 aliphatic carbocycles. The first-order valence-corrected chi connectivity index (χ1v) is 7.24. The summed E-state index contributed by atoms with van der Waals surface area (Å²) in [4.78, 5) is 15.8. The van der Waals surface area contributed by atoms with Crippen molar-refractivity contribution in [2.45, 2.75) is 50.6 Å². The Hall–Kier alpha value is -1.59. The number of aromatic nitrogens is 3. The standard InChI is InChI=1S/C13H21N5O/c19-13(16-11-3-1-2-4-11)17-9-5-12(6-10-17)18-14-7-8-15-18/h7-8,11-12H,1-6,9-10H2,(H,16,19). The quantitative estimate of drug-likeness (QED) is 0.881. The molecule has 1 N–H and O–H groups in total. The lowest BCUT2D eigenvalue weighted by Gasteiger charge is -2.32. The van der Waals surface area contributed by atoms with Gasteiger partial charge in [-0.3, -0.25) is 0 Å². The number of rotatable bonds is 2. The van der Waals surface area contributed by atoms with Crippen LogP contribution in [0.2, 0.25) is 0 Å². The molecular formula is C13H21N5O. The first-order chi connectivity index (χ1) is 9.33. The van der Waals surface area contributed by atoms with E-state index < -0.39 is 0 Å². The molecule has 1 saturated heterocycles. The zero-order valence-corrected chi connectivity index (χ0v) is 11.2. The molecule has 0 atom stereocenters. The molecule has 104 valence electrons. The lowest BCUT2D eigenvalue weighted by atomic mass is 10.1. The fourth-order valence-corrected chi connectivity index (χ4v) is 3.05. The van der Waals surface area contributed by atoms with Crippen molar-refractivity contribution in [1.29, 1.82) is 0 Å². The van der Waals surface area contributed by atoms with Gasteiger partial charge in [0.1, 0.15) is 0 Å². The topological polar surface area (TPSA) is 63.1 Å². The molecule has 0 aromatic carbocycles. The molecule has 1 saturated carbocycles. The Morgan fingerprint density at radius 2 is 1.68 bits per heavy atom. The predicted molar refractivity (Wildman–Crippen MR) is 70.7 cm³/mol. The SMILES string of the molecule is O=C(NC1CCCC1)N1CCC(n2nccn2)CC1. The minimum Gasteiger partial charge on any atom is -0.335 e. The Morgan fingerprint density at radius 1 is 1.05 bits per heavy atom. The van der Waals surface area contributed by atoms with Gasteiger partial charge in [-0.25, -0.2) is 4.79 Å². The Balaban J connectivity index is 1.48. The van der Waals surface area contributed by atoms with Gasteiger partial charge in [0.05, 0.1) is 18.4 Å². The van der Waals surface area contributed by atoms with Crippen LogP contribution in [0.3, 0.4) is 0 Å². The maximum atomic E-state index is 12.1. The normalized spacial score (nSPS) is 21.8. The second-order valence-electron chi connectivity index (χ2n) is 5.50. The maximum absolute atomic E-state index is 12.1. The molecule has 6 heteroatoms. The van der Waals surface area contributed by atoms with Crippen LogP contribution in [0.15, 0.2) is 12.4 Å². The zero-order chi connectivity index (χ0) is 13.1. The van der Waals surface area contributed by atoms with Crippen molar-refractivity contribution in [3.05, 3.63) is 12.4 Å². The highest BCUT2D eigenvalue weighted by Crippen LogP contribution is 2.22. The molecule has 3 rings (SSSR count). The molecule has 2 fully saturated rings. The number of likely N-dealkylation sites (tertiary alicyclic amines) is 1. The number of hydrogen-bond acceptors (Lipinski definition) is 3. The minimum absolute atomic E-state index is 0.110. The molecule has 2 heterocycles. The first-order valence-electron chi connectivity index (χ1n) is 7.24. The van der Waals surface area contributed by atoms with Gasteiger partial charge in [-0.1, -0.05) is 12.8 Å². The van der Waals surface area contributed by atoms with E-state index in [4.69, 9.17) is 0 Å². The van der Waals surface area contributed by atoms with Crippen LogP contribution in [0, 0.1) is 0 Å². The fraction of sp³-hybridized carbons (Fsp3) is 0.769. The monoisotopic (exact) mass is 263 g/mol. The number of amides is 2. The van der Waals surface area contributed by atoms with E-state index in [-0.39, 0.29) is 6.03 Å². The van der Waals surface area contributed by atoms with E-state index >= 15 is 0 Å². The Morgan fingerprint density at radius 3 is 2.32 bits per heavy atom. The highest BCUT2D eigenvalue weighted by atomic mass is 16.2. The molecule has 1 aliphatic heterocycles. The average molecular weight is 263 g/mol. The summed E-state index contributed by atoms with van der Waals surface area (Å²) in [5.74, 6) is 0. The summed E-state index contributed by atoms with van der Waals surface area (Å²) in [5, 5.41) is 11.5. The molecular weight excluding hydrogens is 242 g/mol. The molecule has 0 bridgehead atoms. The fourth-order valence-electron chi connectivity index (χ4n) is 3.05. The van der Waals surface area contributed by atoms with E-state index in [1.807, 2.05) is 4.90 Å². The molecule has 6 nitrogen and oxygen atoms in total. The first kappa shape index (κ1) is 12.4. The summed E-state index contributed by atoms with van der Waals surface area (Å²) in [5.41, 5.74) is 0. The van der Waals surface area contributed by atoms with Crippen LogP contribution < -0.4 is 5.32 Å². The number of hydrogen-bond donors (Lipinski definition) is 1. The summed E-state index contributed by atoms with van der Waals surface area (Å²) < 4.78 is 0. The highest BCUT2D eigenvalue weighted by Gasteiger charge is 2.26. The Bertz CT molecular complexity index is 405. The summed E-state index contributed by atoms with van der Waals surface area (Å²) in [6, 6.07) is 0.849. The summed E-state index contributed by atoms with van der Waals surface area (Å²) in [6.07, 6.45) is 10.1. The second-order valence-corrected chi connectivity index (χ2v) is 5.50.